The van der Waals surface area contributed by atoms with Crippen LogP contribution in [0.4, 0.5) is 5.69 Å². The van der Waals surface area contributed by atoms with Crippen molar-refractivity contribution in [3.05, 3.63) is 59.9 Å². The second kappa shape index (κ2) is 7.55. The van der Waals surface area contributed by atoms with Crippen LogP contribution < -0.4 is 5.32 Å². The second-order valence-electron chi connectivity index (χ2n) is 6.34. The molecule has 1 aliphatic heterocycles. The topological polar surface area (TPSA) is 54.5 Å². The van der Waals surface area contributed by atoms with Crippen molar-refractivity contribution >= 4 is 11.6 Å². The van der Waals surface area contributed by atoms with Crippen molar-refractivity contribution in [1.29, 1.82) is 0 Å². The molecule has 1 N–H and O–H groups in total. The van der Waals surface area contributed by atoms with Crippen molar-refractivity contribution in [2.75, 3.05) is 18.4 Å². The molecule has 1 aromatic carbocycles. The van der Waals surface area contributed by atoms with Gasteiger partial charge < -0.3 is 10.1 Å². The minimum absolute atomic E-state index is 0.122. The molecule has 0 saturated carbocycles. The van der Waals surface area contributed by atoms with Gasteiger partial charge in [0, 0.05) is 31.4 Å². The Morgan fingerprint density at radius 3 is 2.54 bits per heavy atom. The SMILES string of the molecule is CC1CN(Cc2ccc(C(=O)Nc3cccnc3)cc2)CC(C)O1. The van der Waals surface area contributed by atoms with Crippen molar-refractivity contribution in [2.24, 2.45) is 0 Å². The number of pyridine rings is 1. The van der Waals surface area contributed by atoms with Crippen LogP contribution in [-0.2, 0) is 11.3 Å². The summed E-state index contributed by atoms with van der Waals surface area (Å²) in [5.74, 6) is -0.122. The van der Waals surface area contributed by atoms with Crippen LogP contribution in [0.2, 0.25) is 0 Å². The van der Waals surface area contributed by atoms with E-state index in [1.165, 1.54) is 5.56 Å². The van der Waals surface area contributed by atoms with Gasteiger partial charge in [0.15, 0.2) is 0 Å². The molecule has 1 fully saturated rings. The summed E-state index contributed by atoms with van der Waals surface area (Å²) in [5.41, 5.74) is 2.54. The monoisotopic (exact) mass is 325 g/mol. The number of rotatable bonds is 4. The molecule has 0 radical (unpaired) electrons. The van der Waals surface area contributed by atoms with E-state index in [2.05, 4.69) is 29.0 Å². The number of hydrogen-bond acceptors (Lipinski definition) is 4. The average Bonchev–Trinajstić information content (AvgIpc) is 2.55. The van der Waals surface area contributed by atoms with E-state index in [4.69, 9.17) is 4.74 Å². The normalized spacial score (nSPS) is 21.4. The highest BCUT2D eigenvalue weighted by atomic mass is 16.5. The summed E-state index contributed by atoms with van der Waals surface area (Å²) in [6.07, 6.45) is 3.83. The van der Waals surface area contributed by atoms with Gasteiger partial charge in [-0.05, 0) is 43.7 Å². The maximum Gasteiger partial charge on any atom is 0.255 e. The number of nitrogens with zero attached hydrogens (tertiary/aromatic N) is 2. The predicted octanol–water partition coefficient (Wildman–Crippen LogP) is 2.94. The number of carbonyl (C=O) groups is 1. The van der Waals surface area contributed by atoms with Crippen LogP contribution in [-0.4, -0.2) is 41.1 Å². The Balaban J connectivity index is 1.60. The summed E-state index contributed by atoms with van der Waals surface area (Å²) in [5, 5.41) is 2.84. The van der Waals surface area contributed by atoms with Gasteiger partial charge in [0.2, 0.25) is 0 Å². The van der Waals surface area contributed by atoms with Crippen LogP contribution in [0.5, 0.6) is 0 Å². The van der Waals surface area contributed by atoms with Gasteiger partial charge in [-0.25, -0.2) is 0 Å². The first-order valence-corrected chi connectivity index (χ1v) is 8.28. The molecule has 1 amide bonds. The minimum Gasteiger partial charge on any atom is -0.373 e. The fourth-order valence-corrected chi connectivity index (χ4v) is 3.07. The number of morpholine rings is 1. The van der Waals surface area contributed by atoms with Gasteiger partial charge in [0.25, 0.3) is 5.91 Å². The lowest BCUT2D eigenvalue weighted by Gasteiger charge is -2.35. The summed E-state index contributed by atoms with van der Waals surface area (Å²) in [4.78, 5) is 18.6. The molecule has 2 atom stereocenters. The number of aromatic nitrogens is 1. The Morgan fingerprint density at radius 1 is 1.21 bits per heavy atom. The molecule has 0 bridgehead atoms. The third-order valence-electron chi connectivity index (χ3n) is 4.04. The smallest absolute Gasteiger partial charge is 0.255 e. The van der Waals surface area contributed by atoms with E-state index < -0.39 is 0 Å². The van der Waals surface area contributed by atoms with E-state index >= 15 is 0 Å². The summed E-state index contributed by atoms with van der Waals surface area (Å²) in [6, 6.07) is 11.4. The number of hydrogen-bond donors (Lipinski definition) is 1. The highest BCUT2D eigenvalue weighted by molar-refractivity contribution is 6.04. The van der Waals surface area contributed by atoms with E-state index in [0.29, 0.717) is 11.3 Å². The van der Waals surface area contributed by atoms with E-state index in [-0.39, 0.29) is 18.1 Å². The maximum atomic E-state index is 12.2. The first kappa shape index (κ1) is 16.6. The fourth-order valence-electron chi connectivity index (χ4n) is 3.07. The Labute approximate surface area is 142 Å². The molecule has 1 saturated heterocycles. The van der Waals surface area contributed by atoms with Gasteiger partial charge >= 0.3 is 0 Å². The number of amides is 1. The first-order chi connectivity index (χ1) is 11.6. The summed E-state index contributed by atoms with van der Waals surface area (Å²) in [7, 11) is 0. The lowest BCUT2D eigenvalue weighted by molar-refractivity contribution is -0.0704. The molecular formula is C19H23N3O2. The van der Waals surface area contributed by atoms with E-state index in [1.807, 2.05) is 30.3 Å². The zero-order valence-corrected chi connectivity index (χ0v) is 14.1. The Kier molecular flexibility index (Phi) is 5.23. The van der Waals surface area contributed by atoms with Crippen LogP contribution in [0.3, 0.4) is 0 Å². The van der Waals surface area contributed by atoms with Crippen molar-refractivity contribution in [1.82, 2.24) is 9.88 Å². The molecule has 3 rings (SSSR count). The fraction of sp³-hybridized carbons (Fsp3) is 0.368. The van der Waals surface area contributed by atoms with Crippen LogP contribution in [0.15, 0.2) is 48.8 Å². The summed E-state index contributed by atoms with van der Waals surface area (Å²) in [6.45, 7) is 6.97. The quantitative estimate of drug-likeness (QED) is 0.939. The molecule has 5 nitrogen and oxygen atoms in total. The standard InChI is InChI=1S/C19H23N3O2/c1-14-11-22(12-15(2)24-14)13-16-5-7-17(8-6-16)19(23)21-18-4-3-9-20-10-18/h3-10,14-15H,11-13H2,1-2H3,(H,21,23). The van der Waals surface area contributed by atoms with Crippen molar-refractivity contribution in [3.8, 4) is 0 Å². The molecule has 2 heterocycles. The summed E-state index contributed by atoms with van der Waals surface area (Å²) >= 11 is 0. The van der Waals surface area contributed by atoms with Crippen LogP contribution in [0, 0.1) is 0 Å². The molecule has 24 heavy (non-hydrogen) atoms. The number of anilines is 1. The zero-order valence-electron chi connectivity index (χ0n) is 14.1. The third kappa shape index (κ3) is 4.40. The van der Waals surface area contributed by atoms with Crippen LogP contribution >= 0.6 is 0 Å². The highest BCUT2D eigenvalue weighted by Gasteiger charge is 2.22. The van der Waals surface area contributed by atoms with Crippen molar-refractivity contribution < 1.29 is 9.53 Å². The molecule has 2 unspecified atom stereocenters. The number of nitrogens with one attached hydrogen (secondary N) is 1. The second-order valence-corrected chi connectivity index (χ2v) is 6.34. The van der Waals surface area contributed by atoms with Gasteiger partial charge in [-0.3, -0.25) is 14.7 Å². The molecule has 5 heteroatoms. The predicted molar refractivity (Wildman–Crippen MR) is 93.9 cm³/mol. The van der Waals surface area contributed by atoms with Gasteiger partial charge in [0.1, 0.15) is 0 Å². The molecule has 1 aliphatic rings. The molecule has 126 valence electrons. The molecule has 2 aromatic rings. The zero-order chi connectivity index (χ0) is 16.9. The number of carbonyl (C=O) groups excluding carboxylic acids is 1. The summed E-state index contributed by atoms with van der Waals surface area (Å²) < 4.78 is 5.76. The van der Waals surface area contributed by atoms with Gasteiger partial charge in [-0.15, -0.1) is 0 Å². The minimum atomic E-state index is -0.122. The Bertz CT molecular complexity index is 663. The maximum absolute atomic E-state index is 12.2. The molecule has 0 aliphatic carbocycles. The van der Waals surface area contributed by atoms with Gasteiger partial charge in [-0.1, -0.05) is 12.1 Å². The van der Waals surface area contributed by atoms with E-state index in [9.17, 15) is 4.79 Å². The van der Waals surface area contributed by atoms with Crippen molar-refractivity contribution in [3.63, 3.8) is 0 Å². The largest absolute Gasteiger partial charge is 0.373 e. The highest BCUT2D eigenvalue weighted by Crippen LogP contribution is 2.15. The third-order valence-corrected chi connectivity index (χ3v) is 4.04. The van der Waals surface area contributed by atoms with Crippen LogP contribution in [0.25, 0.3) is 0 Å². The molecular weight excluding hydrogens is 302 g/mol. The van der Waals surface area contributed by atoms with Gasteiger partial charge in [0.05, 0.1) is 24.1 Å². The average molecular weight is 325 g/mol. The van der Waals surface area contributed by atoms with E-state index in [0.717, 1.165) is 19.6 Å². The van der Waals surface area contributed by atoms with Crippen molar-refractivity contribution in [2.45, 2.75) is 32.6 Å². The van der Waals surface area contributed by atoms with E-state index in [1.54, 1.807) is 18.5 Å². The van der Waals surface area contributed by atoms with Crippen LogP contribution in [0.1, 0.15) is 29.8 Å². The number of benzene rings is 1. The van der Waals surface area contributed by atoms with Gasteiger partial charge in [-0.2, -0.15) is 0 Å². The number of ether oxygens (including phenoxy) is 1. The Hall–Kier alpha value is -2.24. The lowest BCUT2D eigenvalue weighted by atomic mass is 10.1. The Morgan fingerprint density at radius 2 is 1.92 bits per heavy atom. The molecule has 1 aromatic heterocycles. The first-order valence-electron chi connectivity index (χ1n) is 8.28. The molecule has 0 spiro atoms. The lowest BCUT2D eigenvalue weighted by Crippen LogP contribution is -2.44.